The highest BCUT2D eigenvalue weighted by atomic mass is 79.9. The lowest BCUT2D eigenvalue weighted by molar-refractivity contribution is 0.0939. The Balaban J connectivity index is 2.70. The molecule has 4 heteroatoms. The van der Waals surface area contributed by atoms with Gasteiger partial charge in [-0.05, 0) is 35.3 Å². The third-order valence-electron chi connectivity index (χ3n) is 1.96. The van der Waals surface area contributed by atoms with Gasteiger partial charge in [-0.3, -0.25) is 9.78 Å². The maximum Gasteiger partial charge on any atom is 0.253 e. The molecule has 0 radical (unpaired) electrons. The summed E-state index contributed by atoms with van der Waals surface area (Å²) in [4.78, 5) is 15.5. The standard InChI is InChI=1S/C10H13BrN2O/c1-3-7(2)13-10(14)8-4-9(11)6-12-5-8/h4-7H,3H2,1-2H3,(H,13,14)/t7-/m0/s1. The number of nitrogens with zero attached hydrogens (tertiary/aromatic N) is 1. The Kier molecular flexibility index (Phi) is 4.07. The smallest absolute Gasteiger partial charge is 0.253 e. The molecule has 0 spiro atoms. The molecule has 0 aliphatic carbocycles. The Morgan fingerprint density at radius 3 is 2.93 bits per heavy atom. The van der Waals surface area contributed by atoms with E-state index in [2.05, 4.69) is 26.2 Å². The lowest BCUT2D eigenvalue weighted by Gasteiger charge is -2.10. The molecule has 0 unspecified atom stereocenters. The van der Waals surface area contributed by atoms with Crippen molar-refractivity contribution in [2.45, 2.75) is 26.3 Å². The van der Waals surface area contributed by atoms with E-state index < -0.39 is 0 Å². The van der Waals surface area contributed by atoms with Gasteiger partial charge in [0.1, 0.15) is 0 Å². The van der Waals surface area contributed by atoms with E-state index in [0.717, 1.165) is 10.9 Å². The first kappa shape index (κ1) is 11.2. The molecule has 1 N–H and O–H groups in total. The number of carbonyl (C=O) groups is 1. The average molecular weight is 257 g/mol. The van der Waals surface area contributed by atoms with Gasteiger partial charge < -0.3 is 5.32 Å². The fraction of sp³-hybridized carbons (Fsp3) is 0.400. The van der Waals surface area contributed by atoms with Crippen molar-refractivity contribution in [1.29, 1.82) is 0 Å². The van der Waals surface area contributed by atoms with E-state index in [9.17, 15) is 4.79 Å². The third-order valence-corrected chi connectivity index (χ3v) is 2.39. The molecule has 0 saturated carbocycles. The first-order valence-corrected chi connectivity index (χ1v) is 5.34. The zero-order chi connectivity index (χ0) is 10.6. The van der Waals surface area contributed by atoms with Crippen molar-refractivity contribution in [2.75, 3.05) is 0 Å². The molecule has 0 aliphatic rings. The molecule has 1 aromatic heterocycles. The minimum Gasteiger partial charge on any atom is -0.350 e. The summed E-state index contributed by atoms with van der Waals surface area (Å²) in [6, 6.07) is 1.95. The van der Waals surface area contributed by atoms with Crippen LogP contribution in [-0.4, -0.2) is 16.9 Å². The van der Waals surface area contributed by atoms with Crippen molar-refractivity contribution < 1.29 is 4.79 Å². The van der Waals surface area contributed by atoms with Crippen LogP contribution in [0.1, 0.15) is 30.6 Å². The zero-order valence-electron chi connectivity index (χ0n) is 8.25. The molecular weight excluding hydrogens is 244 g/mol. The molecular formula is C10H13BrN2O. The second kappa shape index (κ2) is 5.10. The number of hydrogen-bond donors (Lipinski definition) is 1. The zero-order valence-corrected chi connectivity index (χ0v) is 9.84. The summed E-state index contributed by atoms with van der Waals surface area (Å²) in [6.07, 6.45) is 4.13. The molecule has 0 aliphatic heterocycles. The number of pyridine rings is 1. The Morgan fingerprint density at radius 2 is 2.36 bits per heavy atom. The van der Waals surface area contributed by atoms with E-state index in [-0.39, 0.29) is 11.9 Å². The van der Waals surface area contributed by atoms with Crippen LogP contribution >= 0.6 is 15.9 Å². The van der Waals surface area contributed by atoms with E-state index in [1.807, 2.05) is 13.8 Å². The first-order valence-electron chi connectivity index (χ1n) is 4.55. The first-order chi connectivity index (χ1) is 6.63. The number of halogens is 1. The number of nitrogens with one attached hydrogen (secondary N) is 1. The van der Waals surface area contributed by atoms with E-state index in [1.54, 1.807) is 18.5 Å². The summed E-state index contributed by atoms with van der Waals surface area (Å²) in [7, 11) is 0. The molecule has 1 rings (SSSR count). The minimum absolute atomic E-state index is 0.0758. The van der Waals surface area contributed by atoms with Gasteiger partial charge in [0.15, 0.2) is 0 Å². The van der Waals surface area contributed by atoms with Crippen molar-refractivity contribution in [3.05, 3.63) is 28.5 Å². The highest BCUT2D eigenvalue weighted by molar-refractivity contribution is 9.10. The predicted molar refractivity (Wildman–Crippen MR) is 59.2 cm³/mol. The maximum atomic E-state index is 11.6. The number of carbonyl (C=O) groups excluding carboxylic acids is 1. The van der Waals surface area contributed by atoms with Gasteiger partial charge in [-0.1, -0.05) is 6.92 Å². The fourth-order valence-corrected chi connectivity index (χ4v) is 1.31. The molecule has 0 saturated heterocycles. The van der Waals surface area contributed by atoms with Crippen LogP contribution in [0.25, 0.3) is 0 Å². The molecule has 0 bridgehead atoms. The van der Waals surface area contributed by atoms with Crippen LogP contribution in [0.2, 0.25) is 0 Å². The Hall–Kier alpha value is -0.900. The highest BCUT2D eigenvalue weighted by Crippen LogP contribution is 2.09. The van der Waals surface area contributed by atoms with Crippen LogP contribution in [0.4, 0.5) is 0 Å². The Morgan fingerprint density at radius 1 is 1.64 bits per heavy atom. The van der Waals surface area contributed by atoms with Crippen molar-refractivity contribution in [3.63, 3.8) is 0 Å². The van der Waals surface area contributed by atoms with Crippen molar-refractivity contribution in [2.24, 2.45) is 0 Å². The van der Waals surface area contributed by atoms with Crippen molar-refractivity contribution in [3.8, 4) is 0 Å². The summed E-state index contributed by atoms with van der Waals surface area (Å²) in [5.74, 6) is -0.0758. The quantitative estimate of drug-likeness (QED) is 0.903. The van der Waals surface area contributed by atoms with Crippen LogP contribution in [0.15, 0.2) is 22.9 Å². The molecule has 1 heterocycles. The average Bonchev–Trinajstić information content (AvgIpc) is 2.17. The van der Waals surface area contributed by atoms with Crippen molar-refractivity contribution >= 4 is 21.8 Å². The van der Waals surface area contributed by atoms with Gasteiger partial charge in [0.05, 0.1) is 5.56 Å². The van der Waals surface area contributed by atoms with E-state index in [0.29, 0.717) is 5.56 Å². The molecule has 1 aromatic rings. The van der Waals surface area contributed by atoms with Crippen molar-refractivity contribution in [1.82, 2.24) is 10.3 Å². The summed E-state index contributed by atoms with van der Waals surface area (Å²) < 4.78 is 0.814. The van der Waals surface area contributed by atoms with Crippen LogP contribution in [0.3, 0.4) is 0 Å². The van der Waals surface area contributed by atoms with Crippen LogP contribution in [-0.2, 0) is 0 Å². The predicted octanol–water partition coefficient (Wildman–Crippen LogP) is 2.37. The molecule has 1 atom stereocenters. The largest absolute Gasteiger partial charge is 0.350 e. The number of aromatic nitrogens is 1. The third kappa shape index (κ3) is 3.10. The molecule has 1 amide bonds. The van der Waals surface area contributed by atoms with Crippen LogP contribution in [0.5, 0.6) is 0 Å². The Bertz CT molecular complexity index is 328. The minimum atomic E-state index is -0.0758. The van der Waals surface area contributed by atoms with E-state index in [4.69, 9.17) is 0 Å². The molecule has 14 heavy (non-hydrogen) atoms. The van der Waals surface area contributed by atoms with Crippen LogP contribution in [0, 0.1) is 0 Å². The second-order valence-electron chi connectivity index (χ2n) is 3.17. The van der Waals surface area contributed by atoms with Crippen LogP contribution < -0.4 is 5.32 Å². The van der Waals surface area contributed by atoms with Gasteiger partial charge in [-0.2, -0.15) is 0 Å². The number of amides is 1. The normalized spacial score (nSPS) is 12.2. The summed E-state index contributed by atoms with van der Waals surface area (Å²) >= 11 is 3.27. The van der Waals surface area contributed by atoms with Gasteiger partial charge in [0, 0.05) is 22.9 Å². The van der Waals surface area contributed by atoms with Gasteiger partial charge >= 0.3 is 0 Å². The lowest BCUT2D eigenvalue weighted by atomic mass is 10.2. The van der Waals surface area contributed by atoms with E-state index in [1.165, 1.54) is 0 Å². The lowest BCUT2D eigenvalue weighted by Crippen LogP contribution is -2.31. The highest BCUT2D eigenvalue weighted by Gasteiger charge is 2.08. The van der Waals surface area contributed by atoms with Gasteiger partial charge in [0.2, 0.25) is 0 Å². The summed E-state index contributed by atoms with van der Waals surface area (Å²) in [5.41, 5.74) is 0.583. The Labute approximate surface area is 92.1 Å². The molecule has 0 aromatic carbocycles. The van der Waals surface area contributed by atoms with E-state index >= 15 is 0 Å². The van der Waals surface area contributed by atoms with Gasteiger partial charge in [-0.15, -0.1) is 0 Å². The maximum absolute atomic E-state index is 11.6. The number of hydrogen-bond acceptors (Lipinski definition) is 2. The SMILES string of the molecule is CC[C@H](C)NC(=O)c1cncc(Br)c1. The fourth-order valence-electron chi connectivity index (χ4n) is 0.945. The molecule has 3 nitrogen and oxygen atoms in total. The monoisotopic (exact) mass is 256 g/mol. The molecule has 76 valence electrons. The number of rotatable bonds is 3. The van der Waals surface area contributed by atoms with Gasteiger partial charge in [0.25, 0.3) is 5.91 Å². The summed E-state index contributed by atoms with van der Waals surface area (Å²) in [6.45, 7) is 4.01. The second-order valence-corrected chi connectivity index (χ2v) is 4.09. The molecule has 0 fully saturated rings. The topological polar surface area (TPSA) is 42.0 Å². The summed E-state index contributed by atoms with van der Waals surface area (Å²) in [5, 5.41) is 2.87. The van der Waals surface area contributed by atoms with Gasteiger partial charge in [-0.25, -0.2) is 0 Å².